The van der Waals surface area contributed by atoms with Crippen LogP contribution in [0.3, 0.4) is 0 Å². The van der Waals surface area contributed by atoms with Crippen molar-refractivity contribution in [1.82, 2.24) is 5.32 Å². The average Bonchev–Trinajstić information content (AvgIpc) is 2.34. The maximum Gasteiger partial charge on any atom is 0.0540 e. The minimum atomic E-state index is -0.0394. The van der Waals surface area contributed by atoms with Crippen LogP contribution in [0.4, 0.5) is 0 Å². The second-order valence-corrected chi connectivity index (χ2v) is 6.18. The van der Waals surface area contributed by atoms with Crippen molar-refractivity contribution < 1.29 is 5.11 Å². The molecule has 2 rings (SSSR count). The SMILES string of the molecule is OC1CCC(CNCc2ccc(I)cc2)CC1. The molecule has 1 aliphatic carbocycles. The third kappa shape index (κ3) is 4.56. The maximum atomic E-state index is 9.44. The summed E-state index contributed by atoms with van der Waals surface area (Å²) in [7, 11) is 0. The van der Waals surface area contributed by atoms with E-state index in [2.05, 4.69) is 52.2 Å². The van der Waals surface area contributed by atoms with Gasteiger partial charge in [0, 0.05) is 10.1 Å². The first kappa shape index (κ1) is 13.3. The summed E-state index contributed by atoms with van der Waals surface area (Å²) >= 11 is 2.33. The lowest BCUT2D eigenvalue weighted by Gasteiger charge is -2.25. The summed E-state index contributed by atoms with van der Waals surface area (Å²) in [6.07, 6.45) is 4.26. The van der Waals surface area contributed by atoms with E-state index in [1.54, 1.807) is 0 Å². The predicted octanol–water partition coefficient (Wildman–Crippen LogP) is 2.93. The fourth-order valence-electron chi connectivity index (χ4n) is 2.37. The standard InChI is InChI=1S/C14H20INO/c15-13-5-1-11(2-6-13)9-16-10-12-3-7-14(17)8-4-12/h1-2,5-6,12,14,16-17H,3-4,7-10H2. The Morgan fingerprint density at radius 3 is 2.41 bits per heavy atom. The van der Waals surface area contributed by atoms with Gasteiger partial charge < -0.3 is 10.4 Å². The van der Waals surface area contributed by atoms with Gasteiger partial charge >= 0.3 is 0 Å². The molecule has 1 aliphatic rings. The van der Waals surface area contributed by atoms with Crippen molar-refractivity contribution in [2.45, 2.75) is 38.3 Å². The summed E-state index contributed by atoms with van der Waals surface area (Å²) in [5.74, 6) is 0.752. The molecular formula is C14H20INO. The largest absolute Gasteiger partial charge is 0.393 e. The summed E-state index contributed by atoms with van der Waals surface area (Å²) < 4.78 is 1.28. The summed E-state index contributed by atoms with van der Waals surface area (Å²) in [6.45, 7) is 2.04. The Labute approximate surface area is 117 Å². The van der Waals surface area contributed by atoms with E-state index in [9.17, 15) is 5.11 Å². The Morgan fingerprint density at radius 1 is 1.12 bits per heavy atom. The van der Waals surface area contributed by atoms with Gasteiger partial charge in [-0.25, -0.2) is 0 Å². The molecule has 1 aromatic carbocycles. The van der Waals surface area contributed by atoms with Crippen LogP contribution in [0.5, 0.6) is 0 Å². The van der Waals surface area contributed by atoms with Gasteiger partial charge in [-0.05, 0) is 78.4 Å². The van der Waals surface area contributed by atoms with Crippen molar-refractivity contribution in [1.29, 1.82) is 0 Å². The van der Waals surface area contributed by atoms with Gasteiger partial charge in [-0.3, -0.25) is 0 Å². The smallest absolute Gasteiger partial charge is 0.0540 e. The molecule has 3 heteroatoms. The second kappa shape index (κ2) is 6.71. The molecule has 17 heavy (non-hydrogen) atoms. The van der Waals surface area contributed by atoms with E-state index in [-0.39, 0.29) is 6.10 Å². The molecule has 2 nitrogen and oxygen atoms in total. The van der Waals surface area contributed by atoms with Crippen LogP contribution < -0.4 is 5.32 Å². The van der Waals surface area contributed by atoms with E-state index in [1.807, 2.05) is 0 Å². The van der Waals surface area contributed by atoms with Gasteiger partial charge in [0.1, 0.15) is 0 Å². The highest BCUT2D eigenvalue weighted by Gasteiger charge is 2.18. The van der Waals surface area contributed by atoms with Crippen molar-refractivity contribution in [2.24, 2.45) is 5.92 Å². The lowest BCUT2D eigenvalue weighted by atomic mass is 9.87. The molecule has 0 bridgehead atoms. The fourth-order valence-corrected chi connectivity index (χ4v) is 2.73. The zero-order valence-electron chi connectivity index (χ0n) is 10.0. The fraction of sp³-hybridized carbons (Fsp3) is 0.571. The summed E-state index contributed by atoms with van der Waals surface area (Å²) in [6, 6.07) is 8.65. The number of aliphatic hydroxyl groups excluding tert-OH is 1. The Balaban J connectivity index is 1.67. The number of hydrogen-bond acceptors (Lipinski definition) is 2. The third-order valence-corrected chi connectivity index (χ3v) is 4.21. The molecule has 1 aromatic rings. The zero-order valence-corrected chi connectivity index (χ0v) is 12.2. The number of halogens is 1. The Hall–Kier alpha value is -0.130. The van der Waals surface area contributed by atoms with Crippen LogP contribution in [0.2, 0.25) is 0 Å². The highest BCUT2D eigenvalue weighted by molar-refractivity contribution is 14.1. The van der Waals surface area contributed by atoms with E-state index in [0.717, 1.165) is 31.8 Å². The molecule has 1 fully saturated rings. The van der Waals surface area contributed by atoms with Crippen LogP contribution in [-0.2, 0) is 6.54 Å². The minimum absolute atomic E-state index is 0.0394. The molecule has 0 heterocycles. The number of aliphatic hydroxyl groups is 1. The molecule has 0 aromatic heterocycles. The van der Waals surface area contributed by atoms with Gasteiger partial charge in [0.15, 0.2) is 0 Å². The van der Waals surface area contributed by atoms with E-state index in [0.29, 0.717) is 0 Å². The molecule has 0 radical (unpaired) electrons. The molecule has 0 saturated heterocycles. The maximum absolute atomic E-state index is 9.44. The Kier molecular flexibility index (Phi) is 5.25. The molecule has 94 valence electrons. The van der Waals surface area contributed by atoms with Crippen LogP contribution in [0.15, 0.2) is 24.3 Å². The highest BCUT2D eigenvalue weighted by atomic mass is 127. The molecule has 0 amide bonds. The quantitative estimate of drug-likeness (QED) is 0.823. The van der Waals surface area contributed by atoms with Crippen molar-refractivity contribution in [3.05, 3.63) is 33.4 Å². The second-order valence-electron chi connectivity index (χ2n) is 4.93. The Morgan fingerprint density at radius 2 is 1.76 bits per heavy atom. The van der Waals surface area contributed by atoms with Crippen LogP contribution >= 0.6 is 22.6 Å². The minimum Gasteiger partial charge on any atom is -0.393 e. The first-order chi connectivity index (χ1) is 8.24. The van der Waals surface area contributed by atoms with Gasteiger partial charge in [0.2, 0.25) is 0 Å². The average molecular weight is 345 g/mol. The lowest BCUT2D eigenvalue weighted by molar-refractivity contribution is 0.108. The van der Waals surface area contributed by atoms with Crippen LogP contribution in [0.1, 0.15) is 31.2 Å². The van der Waals surface area contributed by atoms with Gasteiger partial charge in [-0.1, -0.05) is 12.1 Å². The van der Waals surface area contributed by atoms with Gasteiger partial charge in [-0.2, -0.15) is 0 Å². The number of hydrogen-bond donors (Lipinski definition) is 2. The van der Waals surface area contributed by atoms with E-state index >= 15 is 0 Å². The molecule has 0 spiro atoms. The van der Waals surface area contributed by atoms with Crippen molar-refractivity contribution in [2.75, 3.05) is 6.54 Å². The first-order valence-corrected chi connectivity index (χ1v) is 7.45. The van der Waals surface area contributed by atoms with E-state index in [1.165, 1.54) is 22.0 Å². The van der Waals surface area contributed by atoms with Crippen LogP contribution in [0, 0.1) is 9.49 Å². The monoisotopic (exact) mass is 345 g/mol. The normalized spacial score (nSPS) is 24.8. The van der Waals surface area contributed by atoms with Crippen LogP contribution in [-0.4, -0.2) is 17.8 Å². The summed E-state index contributed by atoms with van der Waals surface area (Å²) in [5, 5.41) is 13.0. The number of rotatable bonds is 4. The van der Waals surface area contributed by atoms with E-state index < -0.39 is 0 Å². The zero-order chi connectivity index (χ0) is 12.1. The molecule has 0 unspecified atom stereocenters. The topological polar surface area (TPSA) is 32.3 Å². The van der Waals surface area contributed by atoms with Crippen molar-refractivity contribution >= 4 is 22.6 Å². The highest BCUT2D eigenvalue weighted by Crippen LogP contribution is 2.23. The Bertz CT molecular complexity index is 331. The van der Waals surface area contributed by atoms with Crippen LogP contribution in [0.25, 0.3) is 0 Å². The number of benzene rings is 1. The molecule has 0 aliphatic heterocycles. The van der Waals surface area contributed by atoms with Crippen molar-refractivity contribution in [3.8, 4) is 0 Å². The van der Waals surface area contributed by atoms with Gasteiger partial charge in [0.25, 0.3) is 0 Å². The van der Waals surface area contributed by atoms with Crippen molar-refractivity contribution in [3.63, 3.8) is 0 Å². The lowest BCUT2D eigenvalue weighted by Crippen LogP contribution is -2.27. The van der Waals surface area contributed by atoms with Gasteiger partial charge in [0.05, 0.1) is 6.10 Å². The number of nitrogens with one attached hydrogen (secondary N) is 1. The third-order valence-electron chi connectivity index (χ3n) is 3.49. The molecule has 1 saturated carbocycles. The first-order valence-electron chi connectivity index (χ1n) is 6.37. The molecule has 0 atom stereocenters. The summed E-state index contributed by atoms with van der Waals surface area (Å²) in [5.41, 5.74) is 1.35. The van der Waals surface area contributed by atoms with E-state index in [4.69, 9.17) is 0 Å². The molecule has 2 N–H and O–H groups in total. The predicted molar refractivity (Wildman–Crippen MR) is 78.8 cm³/mol. The van der Waals surface area contributed by atoms with Gasteiger partial charge in [-0.15, -0.1) is 0 Å². The molecular weight excluding hydrogens is 325 g/mol. The summed E-state index contributed by atoms with van der Waals surface area (Å²) in [4.78, 5) is 0.